The van der Waals surface area contributed by atoms with E-state index in [1.807, 2.05) is 0 Å². The molecule has 0 saturated heterocycles. The summed E-state index contributed by atoms with van der Waals surface area (Å²) >= 11 is 1.09. The quantitative estimate of drug-likeness (QED) is 0.759. The van der Waals surface area contributed by atoms with Crippen LogP contribution >= 0.6 is 11.3 Å². The van der Waals surface area contributed by atoms with E-state index in [9.17, 15) is 14.4 Å². The number of anilines is 1. The summed E-state index contributed by atoms with van der Waals surface area (Å²) in [7, 11) is 0. The summed E-state index contributed by atoms with van der Waals surface area (Å²) in [4.78, 5) is 33.3. The van der Waals surface area contributed by atoms with E-state index >= 15 is 0 Å². The number of aromatic nitrogens is 2. The number of thiophene rings is 1. The fourth-order valence-electron chi connectivity index (χ4n) is 1.21. The van der Waals surface area contributed by atoms with Gasteiger partial charge in [0.1, 0.15) is 10.7 Å². The second-order valence-corrected chi connectivity index (χ2v) is 4.15. The molecule has 0 saturated carbocycles. The Balaban J connectivity index is 2.21. The second kappa shape index (κ2) is 4.80. The molecule has 2 rings (SSSR count). The average molecular weight is 265 g/mol. The molecule has 0 fully saturated rings. The number of hydrogen-bond acceptors (Lipinski definition) is 5. The van der Waals surface area contributed by atoms with Gasteiger partial charge in [-0.1, -0.05) is 0 Å². The Morgan fingerprint density at radius 2 is 2.11 bits per heavy atom. The highest BCUT2D eigenvalue weighted by molar-refractivity contribution is 7.14. The molecule has 18 heavy (non-hydrogen) atoms. The first kappa shape index (κ1) is 12.0. The lowest BCUT2D eigenvalue weighted by Gasteiger charge is -2.02. The maximum atomic E-state index is 11.7. The van der Waals surface area contributed by atoms with Crippen LogP contribution < -0.4 is 10.9 Å². The summed E-state index contributed by atoms with van der Waals surface area (Å²) in [6.45, 7) is 0. The van der Waals surface area contributed by atoms with E-state index in [1.165, 1.54) is 12.1 Å². The van der Waals surface area contributed by atoms with Crippen molar-refractivity contribution in [2.45, 2.75) is 0 Å². The number of aromatic amines is 1. The smallest absolute Gasteiger partial charge is 0.338 e. The van der Waals surface area contributed by atoms with Crippen LogP contribution in [0.25, 0.3) is 0 Å². The Labute approximate surface area is 104 Å². The Kier molecular flexibility index (Phi) is 3.20. The van der Waals surface area contributed by atoms with E-state index < -0.39 is 17.4 Å². The monoisotopic (exact) mass is 265 g/mol. The zero-order valence-electron chi connectivity index (χ0n) is 8.84. The summed E-state index contributed by atoms with van der Waals surface area (Å²) < 4.78 is 0. The van der Waals surface area contributed by atoms with Gasteiger partial charge in [-0.15, -0.1) is 11.3 Å². The van der Waals surface area contributed by atoms with Crippen LogP contribution in [0.15, 0.2) is 28.4 Å². The molecule has 8 heteroatoms. The first-order chi connectivity index (χ1) is 8.58. The van der Waals surface area contributed by atoms with Crippen LogP contribution in [0.4, 0.5) is 5.00 Å². The lowest BCUT2D eigenvalue weighted by molar-refractivity contribution is 0.0698. The van der Waals surface area contributed by atoms with E-state index in [0.29, 0.717) is 0 Å². The number of rotatable bonds is 3. The van der Waals surface area contributed by atoms with Crippen LogP contribution in [0, 0.1) is 0 Å². The van der Waals surface area contributed by atoms with Crippen LogP contribution in [0.1, 0.15) is 20.8 Å². The lowest BCUT2D eigenvalue weighted by Crippen LogP contribution is -2.18. The maximum absolute atomic E-state index is 11.7. The molecule has 0 aliphatic heterocycles. The van der Waals surface area contributed by atoms with E-state index in [4.69, 9.17) is 5.11 Å². The molecule has 7 nitrogen and oxygen atoms in total. The predicted molar refractivity (Wildman–Crippen MR) is 64.1 cm³/mol. The van der Waals surface area contributed by atoms with Gasteiger partial charge in [0.2, 0.25) is 0 Å². The molecule has 0 unspecified atom stereocenters. The molecule has 1 amide bonds. The van der Waals surface area contributed by atoms with Gasteiger partial charge >= 0.3 is 5.97 Å². The van der Waals surface area contributed by atoms with Crippen molar-refractivity contribution in [3.8, 4) is 0 Å². The zero-order chi connectivity index (χ0) is 13.1. The minimum absolute atomic E-state index is 0.000612. The van der Waals surface area contributed by atoms with Crippen molar-refractivity contribution in [2.75, 3.05) is 5.32 Å². The molecular formula is C10H7N3O4S. The maximum Gasteiger partial charge on any atom is 0.338 e. The minimum atomic E-state index is -1.12. The molecule has 2 aromatic rings. The average Bonchev–Trinajstić information content (AvgIpc) is 2.78. The van der Waals surface area contributed by atoms with Gasteiger partial charge in [0.25, 0.3) is 11.5 Å². The van der Waals surface area contributed by atoms with Gasteiger partial charge < -0.3 is 10.4 Å². The summed E-state index contributed by atoms with van der Waals surface area (Å²) in [5.74, 6) is -1.71. The Bertz CT molecular complexity index is 641. The molecule has 0 atom stereocenters. The minimum Gasteiger partial charge on any atom is -0.478 e. The van der Waals surface area contributed by atoms with E-state index in [0.717, 1.165) is 17.4 Å². The van der Waals surface area contributed by atoms with Crippen molar-refractivity contribution in [3.63, 3.8) is 0 Å². The SMILES string of the molecule is O=C(Nc1sccc1C(=O)O)c1ccc(=O)[nH]n1. The molecule has 0 radical (unpaired) electrons. The van der Waals surface area contributed by atoms with Gasteiger partial charge in [0, 0.05) is 6.07 Å². The number of carboxylic acid groups (broad SMARTS) is 1. The van der Waals surface area contributed by atoms with Crippen molar-refractivity contribution in [1.29, 1.82) is 0 Å². The Morgan fingerprint density at radius 3 is 2.72 bits per heavy atom. The molecule has 2 heterocycles. The number of nitrogens with zero attached hydrogens (tertiary/aromatic N) is 1. The van der Waals surface area contributed by atoms with Crippen molar-refractivity contribution in [1.82, 2.24) is 10.2 Å². The molecule has 0 bridgehead atoms. The van der Waals surface area contributed by atoms with Crippen molar-refractivity contribution >= 4 is 28.2 Å². The Morgan fingerprint density at radius 1 is 1.33 bits per heavy atom. The fourth-order valence-corrected chi connectivity index (χ4v) is 1.99. The molecular weight excluding hydrogens is 258 g/mol. The van der Waals surface area contributed by atoms with Crippen molar-refractivity contribution in [3.05, 3.63) is 45.2 Å². The fraction of sp³-hybridized carbons (Fsp3) is 0. The number of amides is 1. The first-order valence-electron chi connectivity index (χ1n) is 4.76. The molecule has 0 aliphatic carbocycles. The number of nitrogens with one attached hydrogen (secondary N) is 2. The Hall–Kier alpha value is -2.48. The number of carboxylic acids is 1. The molecule has 0 aliphatic rings. The molecule has 2 aromatic heterocycles. The van der Waals surface area contributed by atoms with Crippen LogP contribution in [-0.4, -0.2) is 27.2 Å². The predicted octanol–water partition coefficient (Wildman–Crippen LogP) is 0.782. The lowest BCUT2D eigenvalue weighted by atomic mass is 10.3. The highest BCUT2D eigenvalue weighted by atomic mass is 32.1. The third-order valence-corrected chi connectivity index (χ3v) is 2.86. The van der Waals surface area contributed by atoms with Gasteiger partial charge in [-0.2, -0.15) is 5.10 Å². The highest BCUT2D eigenvalue weighted by Gasteiger charge is 2.15. The second-order valence-electron chi connectivity index (χ2n) is 3.23. The topological polar surface area (TPSA) is 112 Å². The number of carbonyl (C=O) groups excluding carboxylic acids is 1. The van der Waals surface area contributed by atoms with Crippen LogP contribution in [0.2, 0.25) is 0 Å². The van der Waals surface area contributed by atoms with Gasteiger partial charge in [0.15, 0.2) is 0 Å². The van der Waals surface area contributed by atoms with Gasteiger partial charge in [-0.05, 0) is 17.5 Å². The largest absolute Gasteiger partial charge is 0.478 e. The summed E-state index contributed by atoms with van der Waals surface area (Å²) in [6.07, 6.45) is 0. The summed E-state index contributed by atoms with van der Waals surface area (Å²) in [5, 5.41) is 18.7. The highest BCUT2D eigenvalue weighted by Crippen LogP contribution is 2.23. The molecule has 0 aromatic carbocycles. The van der Waals surface area contributed by atoms with Crippen molar-refractivity contribution in [2.24, 2.45) is 0 Å². The van der Waals surface area contributed by atoms with E-state index in [1.54, 1.807) is 5.38 Å². The van der Waals surface area contributed by atoms with E-state index in [2.05, 4.69) is 15.5 Å². The number of hydrogen-bond donors (Lipinski definition) is 3. The number of carbonyl (C=O) groups is 2. The van der Waals surface area contributed by atoms with Gasteiger partial charge in [0.05, 0.1) is 5.56 Å². The number of H-pyrrole nitrogens is 1. The summed E-state index contributed by atoms with van der Waals surface area (Å²) in [5.41, 5.74) is -0.411. The molecule has 92 valence electrons. The van der Waals surface area contributed by atoms with Crippen LogP contribution in [0.3, 0.4) is 0 Å². The summed E-state index contributed by atoms with van der Waals surface area (Å²) in [6, 6.07) is 3.81. The number of aromatic carboxylic acids is 1. The van der Waals surface area contributed by atoms with Gasteiger partial charge in [-0.25, -0.2) is 9.89 Å². The zero-order valence-corrected chi connectivity index (χ0v) is 9.65. The standard InChI is InChI=1S/C10H7N3O4S/c14-7-2-1-6(12-13-7)8(15)11-9-5(10(16)17)3-4-18-9/h1-4H,(H,11,15)(H,13,14)(H,16,17). The van der Waals surface area contributed by atoms with Crippen LogP contribution in [0.5, 0.6) is 0 Å². The van der Waals surface area contributed by atoms with Crippen molar-refractivity contribution < 1.29 is 14.7 Å². The third-order valence-electron chi connectivity index (χ3n) is 2.03. The van der Waals surface area contributed by atoms with E-state index in [-0.39, 0.29) is 16.3 Å². The molecule has 0 spiro atoms. The molecule has 3 N–H and O–H groups in total. The van der Waals surface area contributed by atoms with Gasteiger partial charge in [-0.3, -0.25) is 9.59 Å². The third kappa shape index (κ3) is 2.43. The van der Waals surface area contributed by atoms with Crippen LogP contribution in [-0.2, 0) is 0 Å². The normalized spacial score (nSPS) is 10.0. The first-order valence-corrected chi connectivity index (χ1v) is 5.64.